The second-order valence-electron chi connectivity index (χ2n) is 6.64. The fourth-order valence-corrected chi connectivity index (χ4v) is 4.30. The minimum atomic E-state index is -1.33. The molecule has 0 saturated heterocycles. The first-order valence-corrected chi connectivity index (χ1v) is 8.46. The highest BCUT2D eigenvalue weighted by atomic mass is 16.5. The molecule has 0 radical (unpaired) electrons. The Morgan fingerprint density at radius 3 is 2.12 bits per heavy atom. The molecular formula is C21H18O4. The lowest BCUT2D eigenvalue weighted by Crippen LogP contribution is -2.24. The monoisotopic (exact) mass is 334 g/mol. The summed E-state index contributed by atoms with van der Waals surface area (Å²) in [5.41, 5.74) is 1.34. The summed E-state index contributed by atoms with van der Waals surface area (Å²) in [7, 11) is 0. The normalized spacial score (nSPS) is 22.8. The quantitative estimate of drug-likeness (QED) is 0.638. The van der Waals surface area contributed by atoms with Crippen LogP contribution in [-0.4, -0.2) is 24.1 Å². The van der Waals surface area contributed by atoms with Crippen molar-refractivity contribution in [3.05, 3.63) is 70.8 Å². The highest BCUT2D eigenvalue weighted by Gasteiger charge is 2.80. The van der Waals surface area contributed by atoms with E-state index < -0.39 is 23.2 Å². The third-order valence-corrected chi connectivity index (χ3v) is 5.44. The van der Waals surface area contributed by atoms with E-state index in [0.717, 1.165) is 11.1 Å². The van der Waals surface area contributed by atoms with Crippen molar-refractivity contribution in [1.82, 2.24) is 0 Å². The number of rotatable bonds is 3. The predicted octanol–water partition coefficient (Wildman–Crippen LogP) is 3.34. The van der Waals surface area contributed by atoms with Crippen LogP contribution in [0.4, 0.5) is 0 Å². The Bertz CT molecular complexity index is 877. The number of Topliss-reactive ketones (excluding diaryl/α,β-unsaturated/α-hetero) is 2. The molecule has 0 bridgehead atoms. The third-order valence-electron chi connectivity index (χ3n) is 5.44. The van der Waals surface area contributed by atoms with Crippen LogP contribution in [0.15, 0.2) is 48.5 Å². The average Bonchev–Trinajstić information content (AvgIpc) is 3.26. The largest absolute Gasteiger partial charge is 0.466 e. The molecule has 0 aliphatic heterocycles. The molecule has 4 rings (SSSR count). The molecule has 1 fully saturated rings. The van der Waals surface area contributed by atoms with E-state index in [4.69, 9.17) is 4.74 Å². The van der Waals surface area contributed by atoms with Crippen LogP contribution in [0, 0.1) is 18.3 Å². The zero-order chi connectivity index (χ0) is 17.8. The predicted molar refractivity (Wildman–Crippen MR) is 91.6 cm³/mol. The molecule has 2 aromatic rings. The minimum Gasteiger partial charge on any atom is -0.466 e. The number of hydrogen-bond acceptors (Lipinski definition) is 4. The average molecular weight is 334 g/mol. The molecule has 0 N–H and O–H groups in total. The van der Waals surface area contributed by atoms with E-state index in [1.54, 1.807) is 31.2 Å². The maximum absolute atomic E-state index is 13.2. The van der Waals surface area contributed by atoms with Crippen molar-refractivity contribution in [3.63, 3.8) is 0 Å². The van der Waals surface area contributed by atoms with E-state index in [1.807, 2.05) is 31.2 Å². The van der Waals surface area contributed by atoms with Crippen LogP contribution in [0.25, 0.3) is 0 Å². The third kappa shape index (κ3) is 1.91. The Labute approximate surface area is 145 Å². The van der Waals surface area contributed by atoms with Crippen molar-refractivity contribution in [2.45, 2.75) is 19.8 Å². The molecule has 2 aliphatic carbocycles. The Balaban J connectivity index is 1.88. The molecule has 2 aromatic carbocycles. The SMILES string of the molecule is CCOC(=O)[C@H]1[C@H](c2ccccc2C)C12C(=O)c1ccccc1C2=O. The Hall–Kier alpha value is -2.75. The highest BCUT2D eigenvalue weighted by Crippen LogP contribution is 2.70. The van der Waals surface area contributed by atoms with E-state index in [2.05, 4.69) is 0 Å². The Morgan fingerprint density at radius 1 is 1.00 bits per heavy atom. The van der Waals surface area contributed by atoms with Crippen molar-refractivity contribution in [2.24, 2.45) is 11.3 Å². The summed E-state index contributed by atoms with van der Waals surface area (Å²) in [4.78, 5) is 38.9. The first kappa shape index (κ1) is 15.8. The van der Waals surface area contributed by atoms with Gasteiger partial charge in [-0.25, -0.2) is 0 Å². The number of ether oxygens (including phenoxy) is 1. The molecule has 1 saturated carbocycles. The van der Waals surface area contributed by atoms with Crippen molar-refractivity contribution < 1.29 is 19.1 Å². The molecule has 25 heavy (non-hydrogen) atoms. The molecule has 1 spiro atoms. The number of carbonyl (C=O) groups excluding carboxylic acids is 3. The zero-order valence-corrected chi connectivity index (χ0v) is 14.1. The van der Waals surface area contributed by atoms with Gasteiger partial charge in [-0.05, 0) is 25.0 Å². The molecule has 126 valence electrons. The topological polar surface area (TPSA) is 60.4 Å². The van der Waals surface area contributed by atoms with E-state index >= 15 is 0 Å². The summed E-state index contributed by atoms with van der Waals surface area (Å²) in [6, 6.07) is 14.4. The van der Waals surface area contributed by atoms with Gasteiger partial charge in [0.15, 0.2) is 11.6 Å². The number of fused-ring (bicyclic) bond motifs is 1. The smallest absolute Gasteiger partial charge is 0.311 e. The Kier molecular flexibility index (Phi) is 3.39. The number of aryl methyl sites for hydroxylation is 1. The minimum absolute atomic E-state index is 0.223. The van der Waals surface area contributed by atoms with Gasteiger partial charge in [0.05, 0.1) is 12.5 Å². The van der Waals surface area contributed by atoms with Crippen molar-refractivity contribution in [3.8, 4) is 0 Å². The number of benzene rings is 2. The molecule has 4 nitrogen and oxygen atoms in total. The first-order chi connectivity index (χ1) is 12.0. The molecule has 0 aromatic heterocycles. The lowest BCUT2D eigenvalue weighted by molar-refractivity contribution is -0.145. The van der Waals surface area contributed by atoms with E-state index in [1.165, 1.54) is 0 Å². The molecule has 0 unspecified atom stereocenters. The van der Waals surface area contributed by atoms with Crippen molar-refractivity contribution >= 4 is 17.5 Å². The molecule has 0 heterocycles. The van der Waals surface area contributed by atoms with Gasteiger partial charge in [0.25, 0.3) is 0 Å². The summed E-state index contributed by atoms with van der Waals surface area (Å²) in [5, 5.41) is 0. The van der Waals surface area contributed by atoms with Crippen LogP contribution in [0.1, 0.15) is 44.7 Å². The summed E-state index contributed by atoms with van der Waals surface area (Å²) in [6.07, 6.45) is 0. The van der Waals surface area contributed by atoms with E-state index in [9.17, 15) is 14.4 Å². The van der Waals surface area contributed by atoms with Crippen LogP contribution in [0.2, 0.25) is 0 Å². The maximum Gasteiger partial charge on any atom is 0.311 e. The number of esters is 1. The van der Waals surface area contributed by atoms with Gasteiger partial charge in [-0.2, -0.15) is 0 Å². The fraction of sp³-hybridized carbons (Fsp3) is 0.286. The van der Waals surface area contributed by atoms with Crippen LogP contribution < -0.4 is 0 Å². The lowest BCUT2D eigenvalue weighted by Gasteiger charge is -2.08. The molecule has 0 amide bonds. The zero-order valence-electron chi connectivity index (χ0n) is 14.1. The molecule has 4 heteroatoms. The van der Waals surface area contributed by atoms with Crippen LogP contribution >= 0.6 is 0 Å². The second-order valence-corrected chi connectivity index (χ2v) is 6.64. The molecule has 2 aliphatic rings. The van der Waals surface area contributed by atoms with E-state index in [0.29, 0.717) is 11.1 Å². The van der Waals surface area contributed by atoms with Gasteiger partial charge in [-0.1, -0.05) is 48.5 Å². The van der Waals surface area contributed by atoms with Crippen molar-refractivity contribution in [2.75, 3.05) is 6.61 Å². The van der Waals surface area contributed by atoms with Gasteiger partial charge in [0.2, 0.25) is 0 Å². The van der Waals surface area contributed by atoms with Crippen LogP contribution in [-0.2, 0) is 9.53 Å². The van der Waals surface area contributed by atoms with Crippen LogP contribution in [0.3, 0.4) is 0 Å². The van der Waals surface area contributed by atoms with Gasteiger partial charge in [-0.15, -0.1) is 0 Å². The Morgan fingerprint density at radius 2 is 1.56 bits per heavy atom. The van der Waals surface area contributed by atoms with Gasteiger partial charge >= 0.3 is 5.97 Å². The summed E-state index contributed by atoms with van der Waals surface area (Å²) in [5.74, 6) is -2.18. The van der Waals surface area contributed by atoms with Gasteiger partial charge in [-0.3, -0.25) is 14.4 Å². The number of ketones is 2. The molecular weight excluding hydrogens is 316 g/mol. The molecule has 2 atom stereocenters. The summed E-state index contributed by atoms with van der Waals surface area (Å²) in [6.45, 7) is 3.88. The second kappa shape index (κ2) is 5.38. The summed E-state index contributed by atoms with van der Waals surface area (Å²) < 4.78 is 5.20. The lowest BCUT2D eigenvalue weighted by atomic mass is 9.91. The van der Waals surface area contributed by atoms with Gasteiger partial charge in [0.1, 0.15) is 5.41 Å². The number of hydrogen-bond donors (Lipinski definition) is 0. The van der Waals surface area contributed by atoms with Gasteiger partial charge < -0.3 is 4.74 Å². The fourth-order valence-electron chi connectivity index (χ4n) is 4.30. The number of carbonyl (C=O) groups is 3. The van der Waals surface area contributed by atoms with E-state index in [-0.39, 0.29) is 18.2 Å². The first-order valence-electron chi connectivity index (χ1n) is 8.46. The van der Waals surface area contributed by atoms with Crippen molar-refractivity contribution in [1.29, 1.82) is 0 Å². The van der Waals surface area contributed by atoms with Crippen LogP contribution in [0.5, 0.6) is 0 Å². The van der Waals surface area contributed by atoms with Gasteiger partial charge in [0, 0.05) is 17.0 Å². The maximum atomic E-state index is 13.2. The standard InChI is InChI=1S/C21H18O4/c1-3-25-20(24)17-16(13-9-5-4-8-12(13)2)21(17)18(22)14-10-6-7-11-15(14)19(21)23/h4-11,16-17H,3H2,1-2H3/t16-,17+/m0/s1. The highest BCUT2D eigenvalue weighted by molar-refractivity contribution is 6.34. The summed E-state index contributed by atoms with van der Waals surface area (Å²) >= 11 is 0.